The Labute approximate surface area is 188 Å². The third-order valence-corrected chi connectivity index (χ3v) is 6.75. The number of nitrogens with zero attached hydrogens (tertiary/aromatic N) is 1. The Morgan fingerprint density at radius 2 is 1.87 bits per heavy atom. The lowest BCUT2D eigenvalue weighted by Crippen LogP contribution is -2.28. The number of carbonyl (C=O) groups excluding carboxylic acids is 2. The molecule has 0 unspecified atom stereocenters. The van der Waals surface area contributed by atoms with E-state index in [0.717, 1.165) is 33.4 Å². The van der Waals surface area contributed by atoms with Gasteiger partial charge in [-0.05, 0) is 53.9 Å². The Balaban J connectivity index is 1.54. The summed E-state index contributed by atoms with van der Waals surface area (Å²) in [6, 6.07) is 23.1. The maximum atomic E-state index is 12.7. The highest BCUT2D eigenvalue weighted by molar-refractivity contribution is 9.10. The number of rotatable bonds is 5. The number of hydrogen-bond donors (Lipinski definition) is 1. The third kappa shape index (κ3) is 4.30. The lowest BCUT2D eigenvalue weighted by molar-refractivity contribution is -0.115. The molecule has 1 atom stereocenters. The minimum absolute atomic E-state index is 0.0694. The number of benzene rings is 3. The molecule has 1 saturated heterocycles. The molecule has 3 aromatic rings. The van der Waals surface area contributed by atoms with Crippen LogP contribution in [0.1, 0.15) is 33.8 Å². The topological polar surface area (TPSA) is 49.4 Å². The lowest BCUT2D eigenvalue weighted by atomic mass is 10.1. The molecule has 1 aliphatic rings. The molecule has 0 saturated carbocycles. The monoisotopic (exact) mass is 480 g/mol. The van der Waals surface area contributed by atoms with Gasteiger partial charge >= 0.3 is 0 Å². The van der Waals surface area contributed by atoms with Gasteiger partial charge in [-0.1, -0.05) is 59.3 Å². The average Bonchev–Trinajstić information content (AvgIpc) is 3.15. The van der Waals surface area contributed by atoms with Gasteiger partial charge in [-0.15, -0.1) is 11.8 Å². The fourth-order valence-electron chi connectivity index (χ4n) is 3.54. The fourth-order valence-corrected chi connectivity index (χ4v) is 5.11. The van der Waals surface area contributed by atoms with Gasteiger partial charge in [-0.3, -0.25) is 14.5 Å². The van der Waals surface area contributed by atoms with Crippen LogP contribution in [0, 0.1) is 0 Å². The van der Waals surface area contributed by atoms with E-state index in [4.69, 9.17) is 0 Å². The molecule has 0 aromatic heterocycles. The maximum absolute atomic E-state index is 12.7. The van der Waals surface area contributed by atoms with E-state index in [1.165, 1.54) is 0 Å². The SMILES string of the molecule is CCc1ccccc1N1C(=O)CS[C@@H]1c1ccc(NC(=O)c2cccc(Br)c2)cc1. The second kappa shape index (κ2) is 9.06. The second-order valence-corrected chi connectivity index (χ2v) is 8.98. The summed E-state index contributed by atoms with van der Waals surface area (Å²) in [5.74, 6) is 0.426. The predicted octanol–water partition coefficient (Wildman–Crippen LogP) is 6.04. The number of aryl methyl sites for hydroxylation is 1. The van der Waals surface area contributed by atoms with Crippen LogP contribution < -0.4 is 10.2 Å². The van der Waals surface area contributed by atoms with Gasteiger partial charge in [0.15, 0.2) is 0 Å². The van der Waals surface area contributed by atoms with Crippen molar-refractivity contribution in [2.45, 2.75) is 18.7 Å². The largest absolute Gasteiger partial charge is 0.322 e. The summed E-state index contributed by atoms with van der Waals surface area (Å²) in [7, 11) is 0. The van der Waals surface area contributed by atoms with Crippen LogP contribution in [0.2, 0.25) is 0 Å². The molecule has 1 fully saturated rings. The van der Waals surface area contributed by atoms with Crippen molar-refractivity contribution in [1.29, 1.82) is 0 Å². The number of amides is 2. The molecule has 0 radical (unpaired) electrons. The molecule has 1 heterocycles. The average molecular weight is 481 g/mol. The van der Waals surface area contributed by atoms with Crippen LogP contribution in [-0.2, 0) is 11.2 Å². The summed E-state index contributed by atoms with van der Waals surface area (Å²) in [4.78, 5) is 27.0. The molecule has 3 aromatic carbocycles. The van der Waals surface area contributed by atoms with Crippen molar-refractivity contribution in [3.8, 4) is 0 Å². The van der Waals surface area contributed by atoms with Gasteiger partial charge in [0.05, 0.1) is 5.75 Å². The van der Waals surface area contributed by atoms with Crippen LogP contribution in [0.25, 0.3) is 0 Å². The molecule has 0 bridgehead atoms. The summed E-state index contributed by atoms with van der Waals surface area (Å²) in [6.45, 7) is 2.10. The molecule has 152 valence electrons. The van der Waals surface area contributed by atoms with Crippen molar-refractivity contribution >= 4 is 50.9 Å². The van der Waals surface area contributed by atoms with E-state index in [0.29, 0.717) is 11.3 Å². The summed E-state index contributed by atoms with van der Waals surface area (Å²) in [5, 5.41) is 2.86. The van der Waals surface area contributed by atoms with Crippen LogP contribution in [-0.4, -0.2) is 17.6 Å². The molecule has 4 nitrogen and oxygen atoms in total. The minimum atomic E-state index is -0.159. The van der Waals surface area contributed by atoms with Crippen LogP contribution in [0.15, 0.2) is 77.3 Å². The third-order valence-electron chi connectivity index (χ3n) is 5.04. The van der Waals surface area contributed by atoms with Gasteiger partial charge in [0.2, 0.25) is 5.91 Å². The van der Waals surface area contributed by atoms with E-state index in [9.17, 15) is 9.59 Å². The van der Waals surface area contributed by atoms with E-state index >= 15 is 0 Å². The number of para-hydroxylation sites is 1. The molecule has 0 spiro atoms. The van der Waals surface area contributed by atoms with Crippen LogP contribution in [0.5, 0.6) is 0 Å². The number of hydrogen-bond acceptors (Lipinski definition) is 3. The zero-order valence-electron chi connectivity index (χ0n) is 16.5. The first-order chi connectivity index (χ1) is 14.6. The van der Waals surface area contributed by atoms with Crippen molar-refractivity contribution < 1.29 is 9.59 Å². The lowest BCUT2D eigenvalue weighted by Gasteiger charge is -2.26. The van der Waals surface area contributed by atoms with Crippen LogP contribution in [0.4, 0.5) is 11.4 Å². The number of anilines is 2. The van der Waals surface area contributed by atoms with E-state index < -0.39 is 0 Å². The van der Waals surface area contributed by atoms with E-state index in [-0.39, 0.29) is 17.2 Å². The maximum Gasteiger partial charge on any atom is 0.255 e. The Kier molecular flexibility index (Phi) is 6.25. The molecule has 6 heteroatoms. The van der Waals surface area contributed by atoms with Gasteiger partial charge in [-0.2, -0.15) is 0 Å². The van der Waals surface area contributed by atoms with E-state index in [1.807, 2.05) is 59.5 Å². The summed E-state index contributed by atoms with van der Waals surface area (Å²) < 4.78 is 0.862. The molecular weight excluding hydrogens is 460 g/mol. The highest BCUT2D eigenvalue weighted by Crippen LogP contribution is 2.43. The first-order valence-corrected chi connectivity index (χ1v) is 11.6. The molecule has 1 aliphatic heterocycles. The Hall–Kier alpha value is -2.57. The Bertz CT molecular complexity index is 1080. The first kappa shape index (κ1) is 20.7. The standard InChI is InChI=1S/C24H21BrN2O2S/c1-2-16-6-3-4-9-21(16)27-22(28)15-30-24(27)17-10-12-20(13-11-17)26-23(29)18-7-5-8-19(25)14-18/h3-14,24H,2,15H2,1H3,(H,26,29)/t24-/m1/s1. The number of carbonyl (C=O) groups is 2. The predicted molar refractivity (Wildman–Crippen MR) is 127 cm³/mol. The van der Waals surface area contributed by atoms with Gasteiger partial charge in [-0.25, -0.2) is 0 Å². The molecule has 0 aliphatic carbocycles. The zero-order valence-corrected chi connectivity index (χ0v) is 18.9. The molecule has 1 N–H and O–H groups in total. The highest BCUT2D eigenvalue weighted by Gasteiger charge is 2.34. The summed E-state index contributed by atoms with van der Waals surface area (Å²) in [5.41, 5.74) is 4.49. The van der Waals surface area contributed by atoms with E-state index in [2.05, 4.69) is 34.2 Å². The zero-order chi connectivity index (χ0) is 21.1. The Morgan fingerprint density at radius 3 is 2.60 bits per heavy atom. The van der Waals surface area contributed by atoms with Crippen LogP contribution >= 0.6 is 27.7 Å². The molecular formula is C24H21BrN2O2S. The van der Waals surface area contributed by atoms with Crippen molar-refractivity contribution in [1.82, 2.24) is 0 Å². The Morgan fingerprint density at radius 1 is 1.10 bits per heavy atom. The quantitative estimate of drug-likeness (QED) is 0.483. The van der Waals surface area contributed by atoms with E-state index in [1.54, 1.807) is 23.9 Å². The van der Waals surface area contributed by atoms with Gasteiger partial charge in [0.25, 0.3) is 5.91 Å². The second-order valence-electron chi connectivity index (χ2n) is 7.00. The smallest absolute Gasteiger partial charge is 0.255 e. The fraction of sp³-hybridized carbons (Fsp3) is 0.167. The van der Waals surface area contributed by atoms with Crippen molar-refractivity contribution in [3.63, 3.8) is 0 Å². The van der Waals surface area contributed by atoms with Crippen molar-refractivity contribution in [2.75, 3.05) is 16.0 Å². The van der Waals surface area contributed by atoms with Gasteiger partial charge in [0.1, 0.15) is 5.37 Å². The van der Waals surface area contributed by atoms with Gasteiger partial charge < -0.3 is 5.32 Å². The molecule has 30 heavy (non-hydrogen) atoms. The number of halogens is 1. The molecule has 2 amide bonds. The van der Waals surface area contributed by atoms with Crippen LogP contribution in [0.3, 0.4) is 0 Å². The minimum Gasteiger partial charge on any atom is -0.322 e. The molecule has 4 rings (SSSR count). The number of nitrogens with one attached hydrogen (secondary N) is 1. The highest BCUT2D eigenvalue weighted by atomic mass is 79.9. The van der Waals surface area contributed by atoms with Crippen molar-refractivity contribution in [3.05, 3.63) is 94.0 Å². The summed E-state index contributed by atoms with van der Waals surface area (Å²) >= 11 is 5.02. The first-order valence-electron chi connectivity index (χ1n) is 9.75. The normalized spacial score (nSPS) is 16.0. The van der Waals surface area contributed by atoms with Crippen molar-refractivity contribution in [2.24, 2.45) is 0 Å². The summed E-state index contributed by atoms with van der Waals surface area (Å²) in [6.07, 6.45) is 0.873. The number of thioether (sulfide) groups is 1. The van der Waals surface area contributed by atoms with Gasteiger partial charge in [0, 0.05) is 21.4 Å².